The molecule has 1 aromatic carbocycles. The Morgan fingerprint density at radius 3 is 1.61 bits per heavy atom. The summed E-state index contributed by atoms with van der Waals surface area (Å²) in [5.74, 6) is 1.79. The number of ether oxygens (including phenoxy) is 2. The molecule has 0 bridgehead atoms. The van der Waals surface area contributed by atoms with Crippen molar-refractivity contribution in [1.29, 1.82) is 0 Å². The lowest BCUT2D eigenvalue weighted by molar-refractivity contribution is 0.147. The van der Waals surface area contributed by atoms with E-state index in [4.69, 9.17) is 9.47 Å². The average Bonchev–Trinajstić information content (AvgIpc) is 2.24. The van der Waals surface area contributed by atoms with Crippen LogP contribution in [0.5, 0.6) is 11.5 Å². The molecule has 0 aromatic heterocycles. The van der Waals surface area contributed by atoms with Gasteiger partial charge in [0.2, 0.25) is 0 Å². The molecule has 0 saturated carbocycles. The average molecular weight is 242 g/mol. The first kappa shape index (κ1) is 11.4. The minimum Gasteiger partial charge on any atom is -0.483 e. The maximum atomic E-state index is 5.96. The van der Waals surface area contributed by atoms with Crippen molar-refractivity contribution in [2.45, 2.75) is 38.9 Å². The quantitative estimate of drug-likeness (QED) is 0.683. The highest BCUT2D eigenvalue weighted by Crippen LogP contribution is 2.39. The van der Waals surface area contributed by atoms with E-state index < -0.39 is 0 Å². The molecular formula is C16H18O2. The topological polar surface area (TPSA) is 18.5 Å². The Balaban J connectivity index is 2.08. The highest BCUT2D eigenvalue weighted by molar-refractivity contribution is 5.71. The number of fused-ring (bicyclic) bond motifs is 2. The van der Waals surface area contributed by atoms with Crippen molar-refractivity contribution in [3.63, 3.8) is 0 Å². The Hall–Kier alpha value is -1.70. The van der Waals surface area contributed by atoms with E-state index in [1.165, 1.54) is 0 Å². The van der Waals surface area contributed by atoms with Gasteiger partial charge in [0, 0.05) is 17.2 Å². The Labute approximate surface area is 108 Å². The van der Waals surface area contributed by atoms with Crippen LogP contribution in [0.15, 0.2) is 24.3 Å². The molecule has 0 unspecified atom stereocenters. The van der Waals surface area contributed by atoms with Gasteiger partial charge in [0.25, 0.3) is 0 Å². The second kappa shape index (κ2) is 3.41. The van der Waals surface area contributed by atoms with Crippen LogP contribution < -0.4 is 9.47 Å². The fraction of sp³-hybridized carbons (Fsp3) is 0.375. The van der Waals surface area contributed by atoms with E-state index in [9.17, 15) is 0 Å². The van der Waals surface area contributed by atoms with E-state index in [2.05, 4.69) is 58.1 Å². The molecule has 94 valence electrons. The maximum absolute atomic E-state index is 5.96. The molecular weight excluding hydrogens is 224 g/mol. The SMILES string of the molecule is CC1(C)C=Cc2cc3c(cc2O1)OC(C)(C)C=C3. The lowest BCUT2D eigenvalue weighted by Gasteiger charge is -2.31. The fourth-order valence-corrected chi connectivity index (χ4v) is 2.25. The predicted molar refractivity (Wildman–Crippen MR) is 73.9 cm³/mol. The summed E-state index contributed by atoms with van der Waals surface area (Å²) in [6.07, 6.45) is 8.40. The van der Waals surface area contributed by atoms with Crippen molar-refractivity contribution in [1.82, 2.24) is 0 Å². The van der Waals surface area contributed by atoms with Gasteiger partial charge in [-0.15, -0.1) is 0 Å². The Bertz CT molecular complexity index is 515. The second-order valence-corrected chi connectivity index (χ2v) is 6.01. The highest BCUT2D eigenvalue weighted by atomic mass is 16.5. The summed E-state index contributed by atoms with van der Waals surface area (Å²) in [7, 11) is 0. The van der Waals surface area contributed by atoms with Crippen LogP contribution in [0, 0.1) is 0 Å². The Morgan fingerprint density at radius 2 is 1.17 bits per heavy atom. The molecule has 0 radical (unpaired) electrons. The van der Waals surface area contributed by atoms with Crippen molar-refractivity contribution >= 4 is 12.2 Å². The molecule has 2 aliphatic heterocycles. The van der Waals surface area contributed by atoms with Gasteiger partial charge in [0.05, 0.1) is 0 Å². The third kappa shape index (κ3) is 1.92. The zero-order valence-corrected chi connectivity index (χ0v) is 11.3. The first-order valence-corrected chi connectivity index (χ1v) is 6.29. The van der Waals surface area contributed by atoms with Crippen LogP contribution in [0.1, 0.15) is 38.8 Å². The molecule has 0 spiro atoms. The Morgan fingerprint density at radius 1 is 0.722 bits per heavy atom. The monoisotopic (exact) mass is 242 g/mol. The summed E-state index contributed by atoms with van der Waals surface area (Å²) in [6, 6.07) is 4.11. The number of benzene rings is 1. The molecule has 2 heteroatoms. The first-order chi connectivity index (χ1) is 8.35. The lowest BCUT2D eigenvalue weighted by atomic mass is 9.97. The fourth-order valence-electron chi connectivity index (χ4n) is 2.25. The predicted octanol–water partition coefficient (Wildman–Crippen LogP) is 4.06. The van der Waals surface area contributed by atoms with Crippen LogP contribution in [0.4, 0.5) is 0 Å². The highest BCUT2D eigenvalue weighted by Gasteiger charge is 2.26. The van der Waals surface area contributed by atoms with Gasteiger partial charge >= 0.3 is 0 Å². The van der Waals surface area contributed by atoms with Crippen LogP contribution in [0.2, 0.25) is 0 Å². The van der Waals surface area contributed by atoms with E-state index in [0.717, 1.165) is 22.6 Å². The van der Waals surface area contributed by atoms with E-state index in [1.54, 1.807) is 0 Å². The summed E-state index contributed by atoms with van der Waals surface area (Å²) in [5, 5.41) is 0. The van der Waals surface area contributed by atoms with E-state index in [1.807, 2.05) is 6.07 Å². The van der Waals surface area contributed by atoms with E-state index in [-0.39, 0.29) is 11.2 Å². The smallest absolute Gasteiger partial charge is 0.131 e. The molecule has 0 fully saturated rings. The number of hydrogen-bond donors (Lipinski definition) is 0. The summed E-state index contributed by atoms with van der Waals surface area (Å²) in [4.78, 5) is 0. The van der Waals surface area contributed by atoms with Crippen molar-refractivity contribution < 1.29 is 9.47 Å². The third-order valence-electron chi connectivity index (χ3n) is 3.22. The van der Waals surface area contributed by atoms with Crippen LogP contribution in [-0.4, -0.2) is 11.2 Å². The molecule has 2 aliphatic rings. The van der Waals surface area contributed by atoms with Gasteiger partial charge in [-0.2, -0.15) is 0 Å². The zero-order valence-electron chi connectivity index (χ0n) is 11.3. The summed E-state index contributed by atoms with van der Waals surface area (Å²) >= 11 is 0. The van der Waals surface area contributed by atoms with Crippen LogP contribution >= 0.6 is 0 Å². The lowest BCUT2D eigenvalue weighted by Crippen LogP contribution is -2.29. The normalized spacial score (nSPS) is 21.6. The van der Waals surface area contributed by atoms with Gasteiger partial charge in [0.1, 0.15) is 22.7 Å². The second-order valence-electron chi connectivity index (χ2n) is 6.01. The first-order valence-electron chi connectivity index (χ1n) is 6.29. The number of rotatable bonds is 0. The van der Waals surface area contributed by atoms with E-state index >= 15 is 0 Å². The van der Waals surface area contributed by atoms with Crippen molar-refractivity contribution in [3.8, 4) is 11.5 Å². The number of hydrogen-bond acceptors (Lipinski definition) is 2. The third-order valence-corrected chi connectivity index (χ3v) is 3.22. The summed E-state index contributed by atoms with van der Waals surface area (Å²) < 4.78 is 11.9. The molecule has 3 rings (SSSR count). The van der Waals surface area contributed by atoms with Gasteiger partial charge in [-0.1, -0.05) is 12.2 Å². The summed E-state index contributed by atoms with van der Waals surface area (Å²) in [5.41, 5.74) is 1.73. The molecule has 0 saturated heterocycles. The minimum absolute atomic E-state index is 0.249. The molecule has 0 amide bonds. The molecule has 2 nitrogen and oxygen atoms in total. The molecule has 2 heterocycles. The zero-order chi connectivity index (χ0) is 13.0. The van der Waals surface area contributed by atoms with Crippen molar-refractivity contribution in [2.24, 2.45) is 0 Å². The Kier molecular flexibility index (Phi) is 2.16. The van der Waals surface area contributed by atoms with Crippen LogP contribution in [-0.2, 0) is 0 Å². The standard InChI is InChI=1S/C16H18O2/c1-15(2)7-5-11-9-12-6-8-16(3,4)18-14(12)10-13(11)17-15/h5-10H,1-4H3. The van der Waals surface area contributed by atoms with Crippen LogP contribution in [0.25, 0.3) is 12.2 Å². The largest absolute Gasteiger partial charge is 0.483 e. The van der Waals surface area contributed by atoms with Crippen molar-refractivity contribution in [2.75, 3.05) is 0 Å². The molecule has 0 N–H and O–H groups in total. The summed E-state index contributed by atoms with van der Waals surface area (Å²) in [6.45, 7) is 8.21. The molecule has 18 heavy (non-hydrogen) atoms. The molecule has 1 aromatic rings. The van der Waals surface area contributed by atoms with Gasteiger partial charge < -0.3 is 9.47 Å². The maximum Gasteiger partial charge on any atom is 0.131 e. The van der Waals surface area contributed by atoms with Gasteiger partial charge in [0.15, 0.2) is 0 Å². The van der Waals surface area contributed by atoms with Gasteiger partial charge in [-0.3, -0.25) is 0 Å². The van der Waals surface area contributed by atoms with E-state index in [0.29, 0.717) is 0 Å². The van der Waals surface area contributed by atoms with Gasteiger partial charge in [-0.25, -0.2) is 0 Å². The molecule has 0 atom stereocenters. The van der Waals surface area contributed by atoms with Gasteiger partial charge in [-0.05, 0) is 45.9 Å². The van der Waals surface area contributed by atoms with Crippen molar-refractivity contribution in [3.05, 3.63) is 35.4 Å². The molecule has 0 aliphatic carbocycles. The van der Waals surface area contributed by atoms with Crippen LogP contribution in [0.3, 0.4) is 0 Å². The minimum atomic E-state index is -0.249.